The molecule has 0 bridgehead atoms. The van der Waals surface area contributed by atoms with Crippen molar-refractivity contribution in [2.75, 3.05) is 5.01 Å². The van der Waals surface area contributed by atoms with Crippen molar-refractivity contribution < 1.29 is 4.79 Å². The number of para-hydroxylation sites is 1. The van der Waals surface area contributed by atoms with E-state index < -0.39 is 6.03 Å². The lowest BCUT2D eigenvalue weighted by Crippen LogP contribution is -2.49. The molecule has 0 saturated carbocycles. The molecule has 2 aromatic carbocycles. The van der Waals surface area contributed by atoms with E-state index in [0.29, 0.717) is 0 Å². The molecule has 0 saturated heterocycles. The maximum Gasteiger partial charge on any atom is 0.330 e. The zero-order chi connectivity index (χ0) is 13.9. The summed E-state index contributed by atoms with van der Waals surface area (Å²) in [6, 6.07) is 17.8. The van der Waals surface area contributed by atoms with Gasteiger partial charge in [-0.1, -0.05) is 48.5 Å². The molecule has 2 amide bonds. The monoisotopic (exact) mass is 267 g/mol. The van der Waals surface area contributed by atoms with E-state index in [-0.39, 0.29) is 6.04 Å². The molecule has 1 heterocycles. The Balaban J connectivity index is 2.01. The molecule has 20 heavy (non-hydrogen) atoms. The van der Waals surface area contributed by atoms with E-state index in [1.807, 2.05) is 41.4 Å². The van der Waals surface area contributed by atoms with E-state index in [4.69, 9.17) is 5.73 Å². The van der Waals surface area contributed by atoms with Crippen molar-refractivity contribution in [1.29, 1.82) is 0 Å². The minimum absolute atomic E-state index is 0.110. The first-order valence-electron chi connectivity index (χ1n) is 6.74. The summed E-state index contributed by atoms with van der Waals surface area (Å²) in [6.07, 6.45) is 1.94. The van der Waals surface area contributed by atoms with Gasteiger partial charge < -0.3 is 5.73 Å². The third kappa shape index (κ3) is 2.32. The average molecular weight is 267 g/mol. The summed E-state index contributed by atoms with van der Waals surface area (Å²) in [5.41, 5.74) is 11.5. The summed E-state index contributed by atoms with van der Waals surface area (Å²) in [5, 5.41) is 1.89. The number of carbonyl (C=O) groups excluding carboxylic acids is 1. The highest BCUT2D eigenvalue weighted by molar-refractivity contribution is 5.75. The molecule has 0 fully saturated rings. The number of nitrogens with one attached hydrogen (secondary N) is 1. The van der Waals surface area contributed by atoms with E-state index in [0.717, 1.165) is 18.5 Å². The number of nitrogens with zero attached hydrogens (tertiary/aromatic N) is 1. The summed E-state index contributed by atoms with van der Waals surface area (Å²) in [7, 11) is 0. The molecule has 3 rings (SSSR count). The number of hydrazine groups is 1. The van der Waals surface area contributed by atoms with Crippen LogP contribution in [-0.4, -0.2) is 6.03 Å². The summed E-state index contributed by atoms with van der Waals surface area (Å²) < 4.78 is 0. The van der Waals surface area contributed by atoms with Gasteiger partial charge in [0, 0.05) is 0 Å². The van der Waals surface area contributed by atoms with Gasteiger partial charge in [0.2, 0.25) is 0 Å². The standard InChI is InChI=1S/C16H17N3O/c17-16(20)18-19-14-9-5-4-8-13(14)10-11-15(19)12-6-2-1-3-7-12/h1-9,15H,10-11H2,(H3,17,18,20). The molecule has 1 aliphatic rings. The Kier molecular flexibility index (Phi) is 3.29. The summed E-state index contributed by atoms with van der Waals surface area (Å²) in [5.74, 6) is 0. The average Bonchev–Trinajstić information content (AvgIpc) is 2.48. The number of hydrogen-bond donors (Lipinski definition) is 2. The highest BCUT2D eigenvalue weighted by Crippen LogP contribution is 2.36. The lowest BCUT2D eigenvalue weighted by molar-refractivity contribution is 0.246. The van der Waals surface area contributed by atoms with Crippen molar-refractivity contribution >= 4 is 11.7 Å². The highest BCUT2D eigenvalue weighted by atomic mass is 16.2. The lowest BCUT2D eigenvalue weighted by Gasteiger charge is -2.38. The normalized spacial score (nSPS) is 17.4. The van der Waals surface area contributed by atoms with Gasteiger partial charge in [0.15, 0.2) is 0 Å². The van der Waals surface area contributed by atoms with Crippen molar-refractivity contribution in [3.8, 4) is 0 Å². The molecule has 1 atom stereocenters. The van der Waals surface area contributed by atoms with E-state index >= 15 is 0 Å². The van der Waals surface area contributed by atoms with Crippen molar-refractivity contribution in [2.45, 2.75) is 18.9 Å². The summed E-state index contributed by atoms with van der Waals surface area (Å²) in [4.78, 5) is 11.3. The highest BCUT2D eigenvalue weighted by Gasteiger charge is 2.28. The van der Waals surface area contributed by atoms with Gasteiger partial charge in [-0.05, 0) is 30.0 Å². The Bertz CT molecular complexity index is 612. The number of rotatable bonds is 2. The minimum Gasteiger partial charge on any atom is -0.350 e. The van der Waals surface area contributed by atoms with Crippen molar-refractivity contribution in [1.82, 2.24) is 5.43 Å². The summed E-state index contributed by atoms with van der Waals surface area (Å²) >= 11 is 0. The molecule has 4 nitrogen and oxygen atoms in total. The third-order valence-corrected chi connectivity index (χ3v) is 3.66. The SMILES string of the molecule is NC(=O)NN1c2ccccc2CCC1c1ccccc1. The predicted octanol–water partition coefficient (Wildman–Crippen LogP) is 2.76. The first-order chi connectivity index (χ1) is 9.75. The first kappa shape index (κ1) is 12.5. The van der Waals surface area contributed by atoms with Crippen LogP contribution in [0, 0.1) is 0 Å². The van der Waals surface area contributed by atoms with Crippen molar-refractivity contribution in [3.63, 3.8) is 0 Å². The molecular formula is C16H17N3O. The van der Waals surface area contributed by atoms with Crippen LogP contribution in [0.3, 0.4) is 0 Å². The minimum atomic E-state index is -0.539. The van der Waals surface area contributed by atoms with Crippen LogP contribution >= 0.6 is 0 Å². The Morgan fingerprint density at radius 3 is 2.55 bits per heavy atom. The number of hydrogen-bond acceptors (Lipinski definition) is 2. The van der Waals surface area contributed by atoms with Crippen LogP contribution in [0.5, 0.6) is 0 Å². The number of fused-ring (bicyclic) bond motifs is 1. The van der Waals surface area contributed by atoms with Crippen LogP contribution in [0.4, 0.5) is 10.5 Å². The zero-order valence-corrected chi connectivity index (χ0v) is 11.1. The van der Waals surface area contributed by atoms with Crippen LogP contribution in [0.25, 0.3) is 0 Å². The maximum absolute atomic E-state index is 11.3. The van der Waals surface area contributed by atoms with Gasteiger partial charge >= 0.3 is 6.03 Å². The van der Waals surface area contributed by atoms with Gasteiger partial charge in [-0.15, -0.1) is 0 Å². The smallest absolute Gasteiger partial charge is 0.330 e. The van der Waals surface area contributed by atoms with E-state index in [2.05, 4.69) is 23.6 Å². The number of benzene rings is 2. The molecule has 0 aliphatic carbocycles. The molecule has 0 spiro atoms. The fourth-order valence-corrected chi connectivity index (χ4v) is 2.79. The Hall–Kier alpha value is -2.49. The maximum atomic E-state index is 11.3. The number of nitrogens with two attached hydrogens (primary N) is 1. The lowest BCUT2D eigenvalue weighted by atomic mass is 9.93. The molecule has 102 valence electrons. The number of urea groups is 1. The molecule has 0 radical (unpaired) electrons. The molecule has 3 N–H and O–H groups in total. The van der Waals surface area contributed by atoms with Gasteiger partial charge in [0.05, 0.1) is 11.7 Å². The zero-order valence-electron chi connectivity index (χ0n) is 11.1. The molecule has 0 aromatic heterocycles. The number of carbonyl (C=O) groups is 1. The Morgan fingerprint density at radius 1 is 1.10 bits per heavy atom. The van der Waals surface area contributed by atoms with Gasteiger partial charge in [0.1, 0.15) is 0 Å². The van der Waals surface area contributed by atoms with Crippen molar-refractivity contribution in [2.24, 2.45) is 5.73 Å². The fourth-order valence-electron chi connectivity index (χ4n) is 2.79. The summed E-state index contributed by atoms with van der Waals surface area (Å²) in [6.45, 7) is 0. The Morgan fingerprint density at radius 2 is 1.80 bits per heavy atom. The quantitative estimate of drug-likeness (QED) is 0.879. The van der Waals surface area contributed by atoms with Gasteiger partial charge in [-0.2, -0.15) is 0 Å². The topological polar surface area (TPSA) is 58.4 Å². The molecule has 1 aliphatic heterocycles. The van der Waals surface area contributed by atoms with Gasteiger partial charge in [0.25, 0.3) is 0 Å². The number of amides is 2. The molecule has 2 aromatic rings. The second-order valence-electron chi connectivity index (χ2n) is 4.94. The van der Waals surface area contributed by atoms with Gasteiger partial charge in [-0.25, -0.2) is 10.2 Å². The largest absolute Gasteiger partial charge is 0.350 e. The van der Waals surface area contributed by atoms with Crippen LogP contribution < -0.4 is 16.2 Å². The third-order valence-electron chi connectivity index (χ3n) is 3.66. The van der Waals surface area contributed by atoms with Gasteiger partial charge in [-0.3, -0.25) is 5.01 Å². The molecule has 1 unspecified atom stereocenters. The van der Waals surface area contributed by atoms with Crippen LogP contribution in [0.1, 0.15) is 23.6 Å². The van der Waals surface area contributed by atoms with Crippen molar-refractivity contribution in [3.05, 3.63) is 65.7 Å². The molecule has 4 heteroatoms. The number of anilines is 1. The Labute approximate surface area is 118 Å². The van der Waals surface area contributed by atoms with Crippen LogP contribution in [0.15, 0.2) is 54.6 Å². The fraction of sp³-hybridized carbons (Fsp3) is 0.188. The number of primary amides is 1. The predicted molar refractivity (Wildman–Crippen MR) is 79.1 cm³/mol. The van der Waals surface area contributed by atoms with Crippen LogP contribution in [0.2, 0.25) is 0 Å². The first-order valence-corrected chi connectivity index (χ1v) is 6.74. The van der Waals surface area contributed by atoms with E-state index in [1.165, 1.54) is 11.1 Å². The van der Waals surface area contributed by atoms with Crippen LogP contribution in [-0.2, 0) is 6.42 Å². The van der Waals surface area contributed by atoms with E-state index in [1.54, 1.807) is 0 Å². The second kappa shape index (κ2) is 5.25. The molecular weight excluding hydrogens is 250 g/mol. The van der Waals surface area contributed by atoms with E-state index in [9.17, 15) is 4.79 Å². The number of aryl methyl sites for hydroxylation is 1. The second-order valence-corrected chi connectivity index (χ2v) is 4.94.